The number of halogens is 1. The van der Waals surface area contributed by atoms with E-state index in [1.54, 1.807) is 4.90 Å². The van der Waals surface area contributed by atoms with Crippen LogP contribution in [0.15, 0.2) is 23.8 Å². The molecule has 1 heterocycles. The van der Waals surface area contributed by atoms with Gasteiger partial charge in [-0.15, -0.1) is 0 Å². The second kappa shape index (κ2) is 3.76. The average molecular weight is 186 g/mol. The Hall–Kier alpha value is -0.760. The monoisotopic (exact) mass is 185 g/mol. The maximum Gasteiger partial charge on any atom is 0.254 e. The van der Waals surface area contributed by atoms with Crippen LogP contribution in [0, 0.1) is 0 Å². The molecule has 3 heteroatoms. The largest absolute Gasteiger partial charge is 0.339 e. The van der Waals surface area contributed by atoms with Crippen molar-refractivity contribution in [2.75, 3.05) is 13.1 Å². The number of nitrogens with zero attached hydrogens (tertiary/aromatic N) is 1. The van der Waals surface area contributed by atoms with Crippen molar-refractivity contribution in [2.24, 2.45) is 0 Å². The molecule has 1 fully saturated rings. The topological polar surface area (TPSA) is 20.3 Å². The van der Waals surface area contributed by atoms with Gasteiger partial charge in [-0.25, -0.2) is 0 Å². The van der Waals surface area contributed by atoms with Crippen LogP contribution >= 0.6 is 11.6 Å². The van der Waals surface area contributed by atoms with Crippen molar-refractivity contribution in [3.63, 3.8) is 0 Å². The fourth-order valence-corrected chi connectivity index (χ4v) is 1.31. The van der Waals surface area contributed by atoms with Crippen molar-refractivity contribution >= 4 is 17.5 Å². The Morgan fingerprint density at radius 1 is 1.25 bits per heavy atom. The van der Waals surface area contributed by atoms with Crippen molar-refractivity contribution in [3.8, 4) is 0 Å². The summed E-state index contributed by atoms with van der Waals surface area (Å²) < 4.78 is 0. The standard InChI is InChI=1S/C9H12ClNO/c1-7(8(2)10)9(12)11-5-3-4-6-11/h1-6H2. The van der Waals surface area contributed by atoms with E-state index in [9.17, 15) is 4.79 Å². The zero-order valence-corrected chi connectivity index (χ0v) is 7.73. The molecular weight excluding hydrogens is 174 g/mol. The minimum atomic E-state index is -0.0764. The van der Waals surface area contributed by atoms with Gasteiger partial charge in [0.1, 0.15) is 0 Å². The predicted molar refractivity (Wildman–Crippen MR) is 49.9 cm³/mol. The van der Waals surface area contributed by atoms with Crippen LogP contribution in [0.2, 0.25) is 0 Å². The lowest BCUT2D eigenvalue weighted by Crippen LogP contribution is -2.28. The van der Waals surface area contributed by atoms with Crippen LogP contribution in [0.5, 0.6) is 0 Å². The van der Waals surface area contributed by atoms with E-state index in [1.165, 1.54) is 0 Å². The third-order valence-corrected chi connectivity index (χ3v) is 2.21. The first-order valence-corrected chi connectivity index (χ1v) is 4.33. The Bertz CT molecular complexity index is 229. The summed E-state index contributed by atoms with van der Waals surface area (Å²) in [5.74, 6) is -0.0764. The zero-order valence-electron chi connectivity index (χ0n) is 6.98. The van der Waals surface area contributed by atoms with Crippen LogP contribution in [0.1, 0.15) is 12.8 Å². The summed E-state index contributed by atoms with van der Waals surface area (Å²) in [4.78, 5) is 13.2. The second-order valence-corrected chi connectivity index (χ2v) is 3.34. The highest BCUT2D eigenvalue weighted by atomic mass is 35.5. The van der Waals surface area contributed by atoms with Crippen molar-refractivity contribution in [2.45, 2.75) is 12.8 Å². The van der Waals surface area contributed by atoms with Crippen molar-refractivity contribution < 1.29 is 4.79 Å². The van der Waals surface area contributed by atoms with E-state index in [-0.39, 0.29) is 10.9 Å². The molecule has 0 aromatic carbocycles. The number of amides is 1. The van der Waals surface area contributed by atoms with E-state index >= 15 is 0 Å². The van der Waals surface area contributed by atoms with Crippen LogP contribution < -0.4 is 0 Å². The summed E-state index contributed by atoms with van der Waals surface area (Å²) >= 11 is 5.56. The van der Waals surface area contributed by atoms with Gasteiger partial charge >= 0.3 is 0 Å². The Morgan fingerprint density at radius 3 is 2.17 bits per heavy atom. The lowest BCUT2D eigenvalue weighted by atomic mass is 10.2. The first kappa shape index (κ1) is 9.33. The molecule has 0 saturated carbocycles. The van der Waals surface area contributed by atoms with Gasteiger partial charge in [0.25, 0.3) is 5.91 Å². The van der Waals surface area contributed by atoms with Crippen LogP contribution in [0.25, 0.3) is 0 Å². The van der Waals surface area contributed by atoms with E-state index in [0.29, 0.717) is 5.57 Å². The summed E-state index contributed by atoms with van der Waals surface area (Å²) in [5, 5.41) is 0.243. The molecule has 0 aliphatic carbocycles. The molecule has 0 unspecified atom stereocenters. The van der Waals surface area contributed by atoms with E-state index in [2.05, 4.69) is 13.2 Å². The van der Waals surface area contributed by atoms with Crippen LogP contribution in [-0.4, -0.2) is 23.9 Å². The third kappa shape index (κ3) is 1.89. The van der Waals surface area contributed by atoms with Crippen LogP contribution in [-0.2, 0) is 4.79 Å². The Labute approximate surface area is 77.5 Å². The van der Waals surface area contributed by atoms with Gasteiger partial charge in [0.05, 0.1) is 5.57 Å². The fourth-order valence-electron chi connectivity index (χ4n) is 1.23. The summed E-state index contributed by atoms with van der Waals surface area (Å²) in [6.07, 6.45) is 2.15. The van der Waals surface area contributed by atoms with Gasteiger partial charge in [0.15, 0.2) is 0 Å². The fraction of sp³-hybridized carbons (Fsp3) is 0.444. The van der Waals surface area contributed by atoms with E-state index < -0.39 is 0 Å². The van der Waals surface area contributed by atoms with Gasteiger partial charge in [-0.2, -0.15) is 0 Å². The molecule has 0 bridgehead atoms. The van der Waals surface area contributed by atoms with Gasteiger partial charge in [0.2, 0.25) is 0 Å². The number of carbonyl (C=O) groups excluding carboxylic acids is 1. The van der Waals surface area contributed by atoms with Gasteiger partial charge in [-0.05, 0) is 12.8 Å². The SMILES string of the molecule is C=C(Cl)C(=C)C(=O)N1CCCC1. The lowest BCUT2D eigenvalue weighted by molar-refractivity contribution is -0.125. The molecule has 0 N–H and O–H groups in total. The first-order chi connectivity index (χ1) is 5.63. The second-order valence-electron chi connectivity index (χ2n) is 2.88. The van der Waals surface area contributed by atoms with Crippen molar-refractivity contribution in [1.29, 1.82) is 0 Å². The van der Waals surface area contributed by atoms with E-state index in [4.69, 9.17) is 11.6 Å². The summed E-state index contributed by atoms with van der Waals surface area (Å²) in [6, 6.07) is 0. The maximum atomic E-state index is 11.5. The van der Waals surface area contributed by atoms with Crippen LogP contribution in [0.3, 0.4) is 0 Å². The molecule has 1 aliphatic heterocycles. The van der Waals surface area contributed by atoms with Gasteiger partial charge < -0.3 is 4.90 Å². The molecule has 66 valence electrons. The Morgan fingerprint density at radius 2 is 1.75 bits per heavy atom. The molecule has 0 spiro atoms. The van der Waals surface area contributed by atoms with Gasteiger partial charge in [-0.1, -0.05) is 24.8 Å². The predicted octanol–water partition coefficient (Wildman–Crippen LogP) is 1.92. The smallest absolute Gasteiger partial charge is 0.254 e. The molecule has 1 saturated heterocycles. The van der Waals surface area contributed by atoms with Gasteiger partial charge in [0, 0.05) is 18.1 Å². The van der Waals surface area contributed by atoms with Crippen molar-refractivity contribution in [3.05, 3.63) is 23.8 Å². The molecule has 0 aromatic heterocycles. The number of likely N-dealkylation sites (tertiary alicyclic amines) is 1. The van der Waals surface area contributed by atoms with E-state index in [0.717, 1.165) is 25.9 Å². The summed E-state index contributed by atoms with van der Waals surface area (Å²) in [6.45, 7) is 8.68. The summed E-state index contributed by atoms with van der Waals surface area (Å²) in [5.41, 5.74) is 0.318. The highest BCUT2D eigenvalue weighted by Crippen LogP contribution is 2.16. The minimum absolute atomic E-state index is 0.0764. The third-order valence-electron chi connectivity index (χ3n) is 1.98. The number of hydrogen-bond donors (Lipinski definition) is 0. The number of rotatable bonds is 2. The Kier molecular flexibility index (Phi) is 2.93. The van der Waals surface area contributed by atoms with Gasteiger partial charge in [-0.3, -0.25) is 4.79 Å². The molecule has 1 rings (SSSR count). The first-order valence-electron chi connectivity index (χ1n) is 3.96. The van der Waals surface area contributed by atoms with Crippen LogP contribution in [0.4, 0.5) is 0 Å². The number of carbonyl (C=O) groups is 1. The lowest BCUT2D eigenvalue weighted by Gasteiger charge is -2.15. The molecule has 0 atom stereocenters. The normalized spacial score (nSPS) is 16.2. The molecule has 1 aliphatic rings. The minimum Gasteiger partial charge on any atom is -0.339 e. The zero-order chi connectivity index (χ0) is 9.14. The molecule has 1 amide bonds. The number of hydrogen-bond acceptors (Lipinski definition) is 1. The molecule has 12 heavy (non-hydrogen) atoms. The molecular formula is C9H12ClNO. The molecule has 2 nitrogen and oxygen atoms in total. The average Bonchev–Trinajstić information content (AvgIpc) is 2.53. The summed E-state index contributed by atoms with van der Waals surface area (Å²) in [7, 11) is 0. The van der Waals surface area contributed by atoms with Crippen molar-refractivity contribution in [1.82, 2.24) is 4.90 Å². The highest BCUT2D eigenvalue weighted by molar-refractivity contribution is 6.34. The molecule has 0 aromatic rings. The quantitative estimate of drug-likeness (QED) is 0.476. The Balaban J connectivity index is 2.57. The maximum absolute atomic E-state index is 11.5. The highest BCUT2D eigenvalue weighted by Gasteiger charge is 2.20. The van der Waals surface area contributed by atoms with E-state index in [1.807, 2.05) is 0 Å². The molecule has 0 radical (unpaired) electrons.